The molecule has 0 amide bonds. The Bertz CT molecular complexity index is 2540. The van der Waals surface area contributed by atoms with E-state index in [-0.39, 0.29) is 11.8 Å². The van der Waals surface area contributed by atoms with Crippen molar-refractivity contribution in [2.24, 2.45) is 0 Å². The minimum atomic E-state index is 0. The van der Waals surface area contributed by atoms with E-state index in [4.69, 9.17) is 50.9 Å². The molecule has 5 heterocycles. The molecule has 46 heavy (non-hydrogen) atoms. The predicted octanol–water partition coefficient (Wildman–Crippen LogP) is 6.92. The standard InChI is InChI=1S/C32H20N11.H2N.O.V/c33-22-14-13-21-23(24(22)34)30-39-26-16-8-2-4-10-18(16)28(37-26)42-32-20-12-6-5-11-19(20)31(43(32)35)41-27-17-9-3-1-7-15(17)25(36-27)38-29(21)40-30;;;/h1-14,33H,34-35H2,(H,36,37,38,39,40,41,42);1H2;;/q2*-1;;+2. The summed E-state index contributed by atoms with van der Waals surface area (Å²) in [6, 6.07) is 26.9. The summed E-state index contributed by atoms with van der Waals surface area (Å²) in [6.45, 7) is 0. The number of benzene rings is 4. The fourth-order valence-electron chi connectivity index (χ4n) is 5.89. The number of hydrogen-bond acceptors (Lipinski definition) is 9. The summed E-state index contributed by atoms with van der Waals surface area (Å²) in [4.78, 5) is 33.0. The van der Waals surface area contributed by atoms with Crippen LogP contribution in [0.1, 0.15) is 0 Å². The number of nitrogens with zero attached hydrogens (tertiary/aromatic N) is 7. The van der Waals surface area contributed by atoms with Gasteiger partial charge in [-0.25, -0.2) is 34.6 Å². The topological polar surface area (TPSA) is 224 Å². The van der Waals surface area contributed by atoms with Crippen molar-refractivity contribution < 1.29 is 21.0 Å². The van der Waals surface area contributed by atoms with Crippen LogP contribution in [0.25, 0.3) is 102 Å². The van der Waals surface area contributed by atoms with Crippen LogP contribution in [-0.2, 0) is 21.0 Å². The maximum absolute atomic E-state index is 8.38. The van der Waals surface area contributed by atoms with Gasteiger partial charge in [-0.1, -0.05) is 84.9 Å². The van der Waals surface area contributed by atoms with Crippen molar-refractivity contribution in [3.63, 3.8) is 0 Å². The molecule has 4 aromatic carbocycles. The van der Waals surface area contributed by atoms with E-state index in [0.29, 0.717) is 62.3 Å². The molecule has 13 nitrogen and oxygen atoms in total. The third-order valence-corrected chi connectivity index (χ3v) is 7.94. The molecule has 221 valence electrons. The van der Waals surface area contributed by atoms with E-state index < -0.39 is 0 Å². The summed E-state index contributed by atoms with van der Waals surface area (Å²) in [5.41, 5.74) is 20.6. The second-order valence-corrected chi connectivity index (χ2v) is 10.4. The molecule has 7 aromatic rings. The van der Waals surface area contributed by atoms with E-state index in [0.717, 1.165) is 50.4 Å². The number of anilines is 1. The molecular weight excluding hydrogens is 619 g/mol. The zero-order valence-corrected chi connectivity index (χ0v) is 25.2. The van der Waals surface area contributed by atoms with Gasteiger partial charge >= 0.3 is 21.0 Å². The van der Waals surface area contributed by atoms with Gasteiger partial charge in [-0.15, -0.1) is 5.69 Å². The fraction of sp³-hybridized carbons (Fsp3) is 0. The second kappa shape index (κ2) is 10.9. The molecule has 14 heteroatoms. The van der Waals surface area contributed by atoms with Gasteiger partial charge in [0.1, 0.15) is 11.3 Å². The van der Waals surface area contributed by atoms with E-state index in [1.54, 1.807) is 6.07 Å². The molecule has 0 fully saturated rings. The number of fused-ring (bicyclic) bond motifs is 20. The molecule has 0 saturated heterocycles. The van der Waals surface area contributed by atoms with Gasteiger partial charge in [-0.05, 0) is 0 Å². The minimum absolute atomic E-state index is 0. The van der Waals surface area contributed by atoms with Crippen molar-refractivity contribution in [1.29, 1.82) is 0 Å². The molecule has 0 aliphatic carbocycles. The monoisotopic (exact) mass is 641 g/mol. The van der Waals surface area contributed by atoms with Gasteiger partial charge in [0.25, 0.3) is 0 Å². The summed E-state index contributed by atoms with van der Waals surface area (Å²) in [6.07, 6.45) is 0. The summed E-state index contributed by atoms with van der Waals surface area (Å²) in [5, 5.41) is 2.97. The first-order chi connectivity index (χ1) is 22.0. The van der Waals surface area contributed by atoms with Gasteiger partial charge < -0.3 is 28.4 Å². The zero-order chi connectivity index (χ0) is 30.8. The Morgan fingerprint density at radius 1 is 0.587 bits per heavy atom. The number of hydrogen-bond donors (Lipinski definition) is 3. The number of rotatable bonds is 0. The Kier molecular flexibility index (Phi) is 6.78. The fourth-order valence-corrected chi connectivity index (χ4v) is 5.89. The number of nitrogens with one attached hydrogen (secondary N) is 2. The summed E-state index contributed by atoms with van der Waals surface area (Å²) >= 11 is 1.06. The van der Waals surface area contributed by atoms with Crippen LogP contribution in [0.15, 0.2) is 84.9 Å². The van der Waals surface area contributed by atoms with Gasteiger partial charge in [-0.3, -0.25) is 0 Å². The summed E-state index contributed by atoms with van der Waals surface area (Å²) < 4.78 is 9.67. The first-order valence-corrected chi connectivity index (χ1v) is 14.3. The van der Waals surface area contributed by atoms with E-state index in [1.807, 2.05) is 78.9 Å². The van der Waals surface area contributed by atoms with Crippen LogP contribution in [0.5, 0.6) is 0 Å². The molecule has 0 unspecified atom stereocenters. The quantitative estimate of drug-likeness (QED) is 0.115. The number of aromatic amines is 1. The number of aromatic nitrogens is 8. The van der Waals surface area contributed by atoms with Gasteiger partial charge in [0.2, 0.25) is 0 Å². The Morgan fingerprint density at radius 3 is 1.52 bits per heavy atom. The van der Waals surface area contributed by atoms with Crippen LogP contribution in [0.4, 0.5) is 11.4 Å². The third kappa shape index (κ3) is 4.14. The number of nitrogens with two attached hydrogens (primary N) is 3. The normalized spacial score (nSPS) is 11.3. The Labute approximate surface area is 269 Å². The van der Waals surface area contributed by atoms with Crippen molar-refractivity contribution in [3.8, 4) is 45.6 Å². The van der Waals surface area contributed by atoms with Crippen LogP contribution in [0.2, 0.25) is 0 Å². The Morgan fingerprint density at radius 2 is 1.02 bits per heavy atom. The Balaban J connectivity index is 0.00000111. The van der Waals surface area contributed by atoms with E-state index in [2.05, 4.69) is 4.98 Å². The summed E-state index contributed by atoms with van der Waals surface area (Å²) in [5.74, 6) is 8.62. The van der Waals surface area contributed by atoms with Gasteiger partial charge in [0.15, 0.2) is 34.6 Å². The molecule has 9 rings (SSSR count). The van der Waals surface area contributed by atoms with E-state index in [9.17, 15) is 0 Å². The average Bonchev–Trinajstić information content (AvgIpc) is 3.78. The summed E-state index contributed by atoms with van der Waals surface area (Å²) in [7, 11) is 0. The van der Waals surface area contributed by atoms with Crippen LogP contribution >= 0.6 is 0 Å². The molecule has 0 saturated carbocycles. The van der Waals surface area contributed by atoms with Crippen molar-refractivity contribution in [1.82, 2.24) is 39.6 Å². The molecule has 8 N–H and O–H groups in total. The van der Waals surface area contributed by atoms with Gasteiger partial charge in [-0.2, -0.15) is 0 Å². The second-order valence-electron chi connectivity index (χ2n) is 10.4. The van der Waals surface area contributed by atoms with Gasteiger partial charge in [0.05, 0.1) is 0 Å². The molecule has 2 aliphatic heterocycles. The van der Waals surface area contributed by atoms with Crippen LogP contribution in [0, 0.1) is 0 Å². The van der Waals surface area contributed by atoms with Crippen molar-refractivity contribution in [3.05, 3.63) is 96.8 Å². The van der Waals surface area contributed by atoms with E-state index in [1.165, 1.54) is 4.68 Å². The first kappa shape index (κ1) is 28.7. The molecule has 3 aromatic heterocycles. The average molecular weight is 642 g/mol. The van der Waals surface area contributed by atoms with Crippen LogP contribution in [-0.4, -0.2) is 39.6 Å². The van der Waals surface area contributed by atoms with Gasteiger partial charge in [0, 0.05) is 49.5 Å². The van der Waals surface area contributed by atoms with Crippen LogP contribution < -0.4 is 11.6 Å². The maximum atomic E-state index is 8.38. The van der Waals surface area contributed by atoms with Crippen LogP contribution in [0.3, 0.4) is 0 Å². The number of nitrogen functional groups attached to an aromatic ring is 2. The molecule has 8 bridgehead atoms. The first-order valence-electron chi connectivity index (χ1n) is 13.8. The molecule has 0 spiro atoms. The zero-order valence-electron chi connectivity index (χ0n) is 23.8. The Hall–Kier alpha value is -6.02. The molecular formula is C32H22N12OV. The number of H-pyrrole nitrogens is 1. The molecule has 2 aliphatic rings. The van der Waals surface area contributed by atoms with Crippen molar-refractivity contribution in [2.45, 2.75) is 0 Å². The van der Waals surface area contributed by atoms with Crippen molar-refractivity contribution in [2.75, 3.05) is 11.6 Å². The van der Waals surface area contributed by atoms with Crippen molar-refractivity contribution >= 4 is 55.5 Å². The molecule has 0 atom stereocenters. The third-order valence-electron chi connectivity index (χ3n) is 7.94. The predicted molar refractivity (Wildman–Crippen MR) is 174 cm³/mol. The SMILES string of the molecule is [NH-]c1ccc2c3nc4nc(nc5c6ccccc6c(nc6nc(nc([nH]3)c2c1N)-c1ccccc1-6)n5N)-c1ccccc1-4.[NH2-].[O]=[V+2]. The van der Waals surface area contributed by atoms with E-state index >= 15 is 0 Å². The molecule has 0 radical (unpaired) electrons.